The third kappa shape index (κ3) is 4.11. The molecular weight excluding hydrogens is 343 g/mol. The van der Waals surface area contributed by atoms with Gasteiger partial charge >= 0.3 is 6.18 Å². The van der Waals surface area contributed by atoms with Crippen molar-refractivity contribution in [3.05, 3.63) is 47.7 Å². The minimum absolute atomic E-state index is 0.0598. The van der Waals surface area contributed by atoms with Crippen LogP contribution in [0.4, 0.5) is 22.0 Å². The third-order valence-corrected chi connectivity index (χ3v) is 4.49. The van der Waals surface area contributed by atoms with Gasteiger partial charge in [-0.15, -0.1) is 0 Å². The number of halogens is 5. The minimum Gasteiger partial charge on any atom is -0.377 e. The van der Waals surface area contributed by atoms with Gasteiger partial charge in [-0.05, 0) is 18.1 Å². The van der Waals surface area contributed by atoms with Crippen LogP contribution in [0, 0.1) is 0 Å². The zero-order valence-corrected chi connectivity index (χ0v) is 13.3. The molecule has 2 heterocycles. The van der Waals surface area contributed by atoms with Crippen LogP contribution in [0.3, 0.4) is 0 Å². The van der Waals surface area contributed by atoms with E-state index >= 15 is 0 Å². The average Bonchev–Trinajstić information content (AvgIpc) is 2.98. The van der Waals surface area contributed by atoms with Crippen LogP contribution in [-0.2, 0) is 11.0 Å². The maximum absolute atomic E-state index is 12.8. The van der Waals surface area contributed by atoms with E-state index in [1.165, 1.54) is 18.3 Å². The molecule has 1 atom stereocenters. The molecule has 136 valence electrons. The van der Waals surface area contributed by atoms with E-state index < -0.39 is 36.7 Å². The van der Waals surface area contributed by atoms with E-state index in [4.69, 9.17) is 0 Å². The molecule has 2 aliphatic rings. The summed E-state index contributed by atoms with van der Waals surface area (Å²) in [7, 11) is 0. The number of nitrogens with zero attached hydrogens (tertiary/aromatic N) is 2. The maximum Gasteiger partial charge on any atom is 0.416 e. The molecule has 0 bridgehead atoms. The highest BCUT2D eigenvalue weighted by molar-refractivity contribution is 5.88. The summed E-state index contributed by atoms with van der Waals surface area (Å²) in [4.78, 5) is 14.6. The van der Waals surface area contributed by atoms with E-state index in [0.717, 1.165) is 17.0 Å². The summed E-state index contributed by atoms with van der Waals surface area (Å²) in [6.07, 6.45) is -0.933. The first-order valence-electron chi connectivity index (χ1n) is 7.90. The van der Waals surface area contributed by atoms with Gasteiger partial charge in [0, 0.05) is 31.3 Å². The van der Waals surface area contributed by atoms with Crippen LogP contribution in [0.15, 0.2) is 36.5 Å². The highest BCUT2D eigenvalue weighted by Gasteiger charge is 2.45. The number of likely N-dealkylation sites (tertiary alicyclic amines) is 2. The number of alkyl halides is 5. The molecule has 0 radical (unpaired) electrons. The van der Waals surface area contributed by atoms with Crippen LogP contribution in [-0.4, -0.2) is 47.8 Å². The van der Waals surface area contributed by atoms with Crippen LogP contribution in [0.2, 0.25) is 0 Å². The first kappa shape index (κ1) is 17.7. The lowest BCUT2D eigenvalue weighted by Gasteiger charge is -2.38. The fourth-order valence-electron chi connectivity index (χ4n) is 3.11. The third-order valence-electron chi connectivity index (χ3n) is 4.49. The Morgan fingerprint density at radius 3 is 2.60 bits per heavy atom. The Balaban J connectivity index is 1.57. The van der Waals surface area contributed by atoms with Crippen molar-refractivity contribution in [1.29, 1.82) is 0 Å². The van der Waals surface area contributed by atoms with Gasteiger partial charge in [-0.25, -0.2) is 8.78 Å². The molecule has 0 aromatic heterocycles. The van der Waals surface area contributed by atoms with E-state index in [1.54, 1.807) is 6.07 Å². The monoisotopic (exact) mass is 360 g/mol. The molecule has 0 aliphatic carbocycles. The van der Waals surface area contributed by atoms with Gasteiger partial charge in [0.2, 0.25) is 5.91 Å². The molecule has 3 rings (SSSR count). The fraction of sp³-hybridized carbons (Fsp3) is 0.471. The highest BCUT2D eigenvalue weighted by Crippen LogP contribution is 2.34. The smallest absolute Gasteiger partial charge is 0.377 e. The van der Waals surface area contributed by atoms with Crippen LogP contribution in [0.5, 0.6) is 0 Å². The van der Waals surface area contributed by atoms with Gasteiger partial charge in [0.25, 0.3) is 5.92 Å². The zero-order valence-electron chi connectivity index (χ0n) is 13.3. The number of amides is 1. The van der Waals surface area contributed by atoms with Crippen molar-refractivity contribution >= 4 is 5.91 Å². The van der Waals surface area contributed by atoms with Crippen LogP contribution >= 0.6 is 0 Å². The van der Waals surface area contributed by atoms with Gasteiger partial charge in [-0.2, -0.15) is 13.2 Å². The Kier molecular flexibility index (Phi) is 4.47. The Morgan fingerprint density at radius 1 is 1.24 bits per heavy atom. The number of carbonyl (C=O) groups excluding carboxylic acids is 1. The topological polar surface area (TPSA) is 23.6 Å². The molecule has 0 N–H and O–H groups in total. The van der Waals surface area contributed by atoms with Crippen molar-refractivity contribution in [3.63, 3.8) is 0 Å². The van der Waals surface area contributed by atoms with Crippen molar-refractivity contribution in [2.45, 2.75) is 24.4 Å². The average molecular weight is 360 g/mol. The van der Waals surface area contributed by atoms with Crippen LogP contribution in [0.25, 0.3) is 0 Å². The van der Waals surface area contributed by atoms with E-state index in [2.05, 4.69) is 0 Å². The molecule has 0 spiro atoms. The number of hydrogen-bond donors (Lipinski definition) is 0. The van der Waals surface area contributed by atoms with E-state index in [0.29, 0.717) is 25.1 Å². The largest absolute Gasteiger partial charge is 0.416 e. The summed E-state index contributed by atoms with van der Waals surface area (Å²) >= 11 is 0. The molecule has 1 amide bonds. The molecule has 3 nitrogen and oxygen atoms in total. The number of hydrogen-bond acceptors (Lipinski definition) is 2. The lowest BCUT2D eigenvalue weighted by molar-refractivity contribution is -0.160. The SMILES string of the molecule is O=C(/C=C\N1CCC(c2cccc(C(F)(F)F)c2)C1)N1CC(F)(F)C1. The van der Waals surface area contributed by atoms with Gasteiger partial charge < -0.3 is 9.80 Å². The Labute approximate surface area is 141 Å². The predicted molar refractivity (Wildman–Crippen MR) is 81.0 cm³/mol. The van der Waals surface area contributed by atoms with Gasteiger partial charge in [0.1, 0.15) is 0 Å². The molecule has 8 heteroatoms. The van der Waals surface area contributed by atoms with E-state index in [1.807, 2.05) is 4.90 Å². The summed E-state index contributed by atoms with van der Waals surface area (Å²) < 4.78 is 63.9. The van der Waals surface area contributed by atoms with Crippen molar-refractivity contribution in [2.24, 2.45) is 0 Å². The second-order valence-corrected chi connectivity index (χ2v) is 6.47. The molecule has 1 aromatic rings. The Morgan fingerprint density at radius 2 is 1.96 bits per heavy atom. The number of carbonyl (C=O) groups is 1. The zero-order chi connectivity index (χ0) is 18.2. The number of benzene rings is 1. The van der Waals surface area contributed by atoms with Gasteiger partial charge in [0.05, 0.1) is 18.7 Å². The van der Waals surface area contributed by atoms with Gasteiger partial charge in [-0.1, -0.05) is 18.2 Å². The maximum atomic E-state index is 12.8. The van der Waals surface area contributed by atoms with Crippen molar-refractivity contribution in [2.75, 3.05) is 26.2 Å². The summed E-state index contributed by atoms with van der Waals surface area (Å²) in [6.45, 7) is -0.0475. The number of rotatable bonds is 3. The van der Waals surface area contributed by atoms with Crippen LogP contribution < -0.4 is 0 Å². The Hall–Kier alpha value is -2.12. The normalized spacial score (nSPS) is 23.2. The van der Waals surface area contributed by atoms with Gasteiger partial charge in [-0.3, -0.25) is 4.79 Å². The predicted octanol–water partition coefficient (Wildman–Crippen LogP) is 3.49. The fourth-order valence-corrected chi connectivity index (χ4v) is 3.11. The highest BCUT2D eigenvalue weighted by atomic mass is 19.4. The second-order valence-electron chi connectivity index (χ2n) is 6.47. The summed E-state index contributed by atoms with van der Waals surface area (Å²) in [5.74, 6) is -3.34. The summed E-state index contributed by atoms with van der Waals surface area (Å²) in [5.41, 5.74) is -0.0627. The standard InChI is InChI=1S/C17H17F5N2O/c18-16(19)10-24(11-16)15(25)5-7-23-6-4-13(9-23)12-2-1-3-14(8-12)17(20,21)22/h1-3,5,7-8,13H,4,6,9-11H2/b7-5-. The lowest BCUT2D eigenvalue weighted by Crippen LogP contribution is -2.58. The molecular formula is C17H17F5N2O. The van der Waals surface area contributed by atoms with E-state index in [9.17, 15) is 26.7 Å². The first-order valence-corrected chi connectivity index (χ1v) is 7.90. The van der Waals surface area contributed by atoms with Crippen molar-refractivity contribution in [1.82, 2.24) is 9.80 Å². The lowest BCUT2D eigenvalue weighted by atomic mass is 9.96. The molecule has 2 saturated heterocycles. The molecule has 2 fully saturated rings. The quantitative estimate of drug-likeness (QED) is 0.609. The molecule has 1 unspecified atom stereocenters. The van der Waals surface area contributed by atoms with E-state index in [-0.39, 0.29) is 5.92 Å². The van der Waals surface area contributed by atoms with Crippen molar-refractivity contribution < 1.29 is 26.7 Å². The van der Waals surface area contributed by atoms with Crippen molar-refractivity contribution in [3.8, 4) is 0 Å². The first-order chi connectivity index (χ1) is 11.6. The van der Waals surface area contributed by atoms with Crippen LogP contribution in [0.1, 0.15) is 23.5 Å². The summed E-state index contributed by atoms with van der Waals surface area (Å²) in [5, 5.41) is 0. The minimum atomic E-state index is -4.38. The second kappa shape index (κ2) is 6.31. The Bertz CT molecular complexity index is 678. The molecule has 1 aromatic carbocycles. The molecule has 0 saturated carbocycles. The molecule has 25 heavy (non-hydrogen) atoms. The van der Waals surface area contributed by atoms with Gasteiger partial charge in [0.15, 0.2) is 0 Å². The molecule has 2 aliphatic heterocycles. The summed E-state index contributed by atoms with van der Waals surface area (Å²) in [6, 6.07) is 5.26.